The second-order valence-corrected chi connectivity index (χ2v) is 6.42. The number of benzene rings is 1. The third kappa shape index (κ3) is 4.33. The van der Waals surface area contributed by atoms with Crippen molar-refractivity contribution in [1.82, 2.24) is 0 Å². The first kappa shape index (κ1) is 14.0. The molecule has 0 heterocycles. The summed E-state index contributed by atoms with van der Waals surface area (Å²) in [5.74, 6) is 0.560. The Balaban J connectivity index is 1.91. The van der Waals surface area contributed by atoms with E-state index in [1.54, 1.807) is 12.1 Å². The number of nitrogens with two attached hydrogens (primary N) is 1. The number of hydrogen-bond acceptors (Lipinski definition) is 4. The second-order valence-electron chi connectivity index (χ2n) is 4.86. The molecule has 19 heavy (non-hydrogen) atoms. The van der Waals surface area contributed by atoms with Crippen molar-refractivity contribution in [3.8, 4) is 0 Å². The Labute approximate surface area is 113 Å². The van der Waals surface area contributed by atoms with Gasteiger partial charge in [0, 0.05) is 6.21 Å². The van der Waals surface area contributed by atoms with Gasteiger partial charge in [-0.15, -0.1) is 0 Å². The number of primary sulfonamides is 1. The number of hydrogen-bond donors (Lipinski definition) is 2. The van der Waals surface area contributed by atoms with Gasteiger partial charge in [0.2, 0.25) is 10.0 Å². The van der Waals surface area contributed by atoms with Crippen molar-refractivity contribution in [3.05, 3.63) is 24.3 Å². The first-order valence-electron chi connectivity index (χ1n) is 6.48. The second kappa shape index (κ2) is 6.16. The molecule has 0 bridgehead atoms. The molecular formula is C13H19N3O2S. The van der Waals surface area contributed by atoms with Crippen molar-refractivity contribution in [2.45, 2.75) is 37.0 Å². The smallest absolute Gasteiger partial charge is 0.238 e. The van der Waals surface area contributed by atoms with Crippen LogP contribution in [0.3, 0.4) is 0 Å². The zero-order chi connectivity index (χ0) is 13.7. The number of hydrazone groups is 1. The van der Waals surface area contributed by atoms with Gasteiger partial charge in [0.05, 0.1) is 10.6 Å². The average molecular weight is 281 g/mol. The van der Waals surface area contributed by atoms with Gasteiger partial charge < -0.3 is 0 Å². The van der Waals surface area contributed by atoms with E-state index < -0.39 is 10.0 Å². The van der Waals surface area contributed by atoms with Gasteiger partial charge in [-0.2, -0.15) is 5.10 Å². The lowest BCUT2D eigenvalue weighted by atomic mass is 9.90. The highest BCUT2D eigenvalue weighted by molar-refractivity contribution is 7.89. The van der Waals surface area contributed by atoms with Crippen LogP contribution in [-0.2, 0) is 10.0 Å². The maximum absolute atomic E-state index is 11.1. The maximum Gasteiger partial charge on any atom is 0.238 e. The van der Waals surface area contributed by atoms with Gasteiger partial charge in [-0.05, 0) is 43.0 Å². The van der Waals surface area contributed by atoms with Crippen LogP contribution in [0.4, 0.5) is 5.69 Å². The van der Waals surface area contributed by atoms with E-state index in [1.165, 1.54) is 44.2 Å². The van der Waals surface area contributed by atoms with E-state index in [1.807, 2.05) is 6.21 Å². The topological polar surface area (TPSA) is 84.5 Å². The third-order valence-electron chi connectivity index (χ3n) is 3.31. The largest absolute Gasteiger partial charge is 0.279 e. The summed E-state index contributed by atoms with van der Waals surface area (Å²) in [4.78, 5) is 0.106. The molecule has 0 unspecified atom stereocenters. The average Bonchev–Trinajstić information content (AvgIpc) is 2.39. The standard InChI is InChI=1S/C13H19N3O2S/c14-19(17,18)13-8-6-12(7-9-13)16-15-10-11-4-2-1-3-5-11/h6-11,16H,1-5H2,(H2,14,17,18)/b15-10+. The van der Waals surface area contributed by atoms with Crippen molar-refractivity contribution in [3.63, 3.8) is 0 Å². The van der Waals surface area contributed by atoms with E-state index in [0.717, 1.165) is 5.69 Å². The van der Waals surface area contributed by atoms with Crippen molar-refractivity contribution < 1.29 is 8.42 Å². The molecule has 0 aliphatic heterocycles. The molecule has 1 aliphatic carbocycles. The van der Waals surface area contributed by atoms with Crippen LogP contribution in [0.15, 0.2) is 34.3 Å². The van der Waals surface area contributed by atoms with Crippen LogP contribution >= 0.6 is 0 Å². The van der Waals surface area contributed by atoms with Crippen LogP contribution in [0, 0.1) is 5.92 Å². The number of rotatable bonds is 4. The fraction of sp³-hybridized carbons (Fsp3) is 0.462. The predicted octanol–water partition coefficient (Wildman–Crippen LogP) is 2.31. The van der Waals surface area contributed by atoms with Crippen LogP contribution in [0.1, 0.15) is 32.1 Å². The molecule has 1 aromatic carbocycles. The third-order valence-corrected chi connectivity index (χ3v) is 4.24. The molecule has 6 heteroatoms. The zero-order valence-electron chi connectivity index (χ0n) is 10.7. The minimum absolute atomic E-state index is 0.106. The fourth-order valence-electron chi connectivity index (χ4n) is 2.22. The van der Waals surface area contributed by atoms with Crippen LogP contribution in [0.5, 0.6) is 0 Å². The lowest BCUT2D eigenvalue weighted by Crippen LogP contribution is -2.11. The highest BCUT2D eigenvalue weighted by Crippen LogP contribution is 2.22. The summed E-state index contributed by atoms with van der Waals surface area (Å²) in [5.41, 5.74) is 3.65. The fourth-order valence-corrected chi connectivity index (χ4v) is 2.74. The molecule has 5 nitrogen and oxygen atoms in total. The first-order chi connectivity index (χ1) is 9.05. The van der Waals surface area contributed by atoms with E-state index in [2.05, 4.69) is 10.5 Å². The zero-order valence-corrected chi connectivity index (χ0v) is 11.6. The van der Waals surface area contributed by atoms with Gasteiger partial charge in [-0.1, -0.05) is 19.3 Å². The molecule has 0 radical (unpaired) electrons. The van der Waals surface area contributed by atoms with Gasteiger partial charge in [-0.25, -0.2) is 13.6 Å². The van der Waals surface area contributed by atoms with Gasteiger partial charge in [-0.3, -0.25) is 5.43 Å². The molecule has 104 valence electrons. The van der Waals surface area contributed by atoms with Crippen molar-refractivity contribution in [1.29, 1.82) is 0 Å². The molecule has 1 fully saturated rings. The Bertz CT molecular complexity index is 532. The minimum atomic E-state index is -3.62. The Morgan fingerprint density at radius 3 is 2.37 bits per heavy atom. The Morgan fingerprint density at radius 2 is 1.79 bits per heavy atom. The molecule has 0 amide bonds. The quantitative estimate of drug-likeness (QED) is 0.656. The summed E-state index contributed by atoms with van der Waals surface area (Å²) in [6, 6.07) is 6.23. The van der Waals surface area contributed by atoms with Crippen LogP contribution in [0.2, 0.25) is 0 Å². The molecule has 3 N–H and O–H groups in total. The summed E-state index contributed by atoms with van der Waals surface area (Å²) in [5, 5.41) is 9.23. The van der Waals surface area contributed by atoms with Crippen LogP contribution in [-0.4, -0.2) is 14.6 Å². The monoisotopic (exact) mass is 281 g/mol. The van der Waals surface area contributed by atoms with Gasteiger partial charge in [0.1, 0.15) is 0 Å². The summed E-state index contributed by atoms with van der Waals surface area (Å²) in [6.45, 7) is 0. The molecule has 0 spiro atoms. The molecule has 1 aromatic rings. The maximum atomic E-state index is 11.1. The SMILES string of the molecule is NS(=O)(=O)c1ccc(N/N=C/C2CCCCC2)cc1. The summed E-state index contributed by atoms with van der Waals surface area (Å²) in [7, 11) is -3.62. The van der Waals surface area contributed by atoms with Gasteiger partial charge in [0.15, 0.2) is 0 Å². The Morgan fingerprint density at radius 1 is 1.16 bits per heavy atom. The number of nitrogens with one attached hydrogen (secondary N) is 1. The highest BCUT2D eigenvalue weighted by atomic mass is 32.2. The molecule has 0 saturated heterocycles. The molecular weight excluding hydrogens is 262 g/mol. The lowest BCUT2D eigenvalue weighted by Gasteiger charge is -2.16. The van der Waals surface area contributed by atoms with Crippen LogP contribution < -0.4 is 10.6 Å². The van der Waals surface area contributed by atoms with E-state index in [9.17, 15) is 8.42 Å². The van der Waals surface area contributed by atoms with Crippen molar-refractivity contribution in [2.75, 3.05) is 5.43 Å². The van der Waals surface area contributed by atoms with E-state index >= 15 is 0 Å². The minimum Gasteiger partial charge on any atom is -0.279 e. The normalized spacial score (nSPS) is 17.7. The van der Waals surface area contributed by atoms with E-state index in [-0.39, 0.29) is 4.90 Å². The molecule has 2 rings (SSSR count). The highest BCUT2D eigenvalue weighted by Gasteiger charge is 2.10. The molecule has 0 atom stereocenters. The number of anilines is 1. The molecule has 1 saturated carbocycles. The van der Waals surface area contributed by atoms with E-state index in [0.29, 0.717) is 5.92 Å². The Hall–Kier alpha value is -1.40. The summed E-state index contributed by atoms with van der Waals surface area (Å²) < 4.78 is 22.2. The molecule has 0 aromatic heterocycles. The number of sulfonamides is 1. The number of nitrogens with zero attached hydrogens (tertiary/aromatic N) is 1. The van der Waals surface area contributed by atoms with Crippen LogP contribution in [0.25, 0.3) is 0 Å². The predicted molar refractivity (Wildman–Crippen MR) is 76.5 cm³/mol. The first-order valence-corrected chi connectivity index (χ1v) is 8.02. The van der Waals surface area contributed by atoms with Crippen molar-refractivity contribution in [2.24, 2.45) is 16.2 Å². The lowest BCUT2D eigenvalue weighted by molar-refractivity contribution is 0.445. The van der Waals surface area contributed by atoms with E-state index in [4.69, 9.17) is 5.14 Å². The Kier molecular flexibility index (Phi) is 4.55. The van der Waals surface area contributed by atoms with Gasteiger partial charge >= 0.3 is 0 Å². The summed E-state index contributed by atoms with van der Waals surface area (Å²) in [6.07, 6.45) is 8.24. The van der Waals surface area contributed by atoms with Gasteiger partial charge in [0.25, 0.3) is 0 Å². The van der Waals surface area contributed by atoms with Crippen molar-refractivity contribution >= 4 is 21.9 Å². The summed E-state index contributed by atoms with van der Waals surface area (Å²) >= 11 is 0. The molecule has 1 aliphatic rings.